The van der Waals surface area contributed by atoms with Gasteiger partial charge in [-0.25, -0.2) is 0 Å². The summed E-state index contributed by atoms with van der Waals surface area (Å²) in [4.78, 5) is 14.0. The van der Waals surface area contributed by atoms with Crippen molar-refractivity contribution in [2.45, 2.75) is 38.1 Å². The molecule has 0 amide bonds. The Balaban J connectivity index is 1.65. The van der Waals surface area contributed by atoms with Crippen LogP contribution in [0, 0.1) is 0 Å². The van der Waals surface area contributed by atoms with E-state index in [-0.39, 0.29) is 5.97 Å². The molecule has 0 radical (unpaired) electrons. The minimum absolute atomic E-state index is 0.0998. The number of hydrogen-bond donors (Lipinski definition) is 0. The molecule has 142 valence electrons. The minimum atomic E-state index is -0.0998. The van der Waals surface area contributed by atoms with Gasteiger partial charge in [0, 0.05) is 19.0 Å². The molecule has 0 bridgehead atoms. The van der Waals surface area contributed by atoms with Crippen molar-refractivity contribution in [2.75, 3.05) is 20.2 Å². The molecular formula is C24H29NO2. The Labute approximate surface area is 162 Å². The summed E-state index contributed by atoms with van der Waals surface area (Å²) in [7, 11) is 1.47. The van der Waals surface area contributed by atoms with Gasteiger partial charge in [0.2, 0.25) is 0 Å². The number of carbonyl (C=O) groups is 1. The average Bonchev–Trinajstić information content (AvgIpc) is 3.18. The van der Waals surface area contributed by atoms with E-state index in [1.807, 2.05) is 0 Å². The second-order valence-corrected chi connectivity index (χ2v) is 7.09. The number of rotatable bonds is 8. The summed E-state index contributed by atoms with van der Waals surface area (Å²) in [6.45, 7) is 2.17. The SMILES string of the molecule is COC(=O)CC[C@@H]1CCCN1CCC=C(c1ccccc1)c1ccccc1. The van der Waals surface area contributed by atoms with Gasteiger partial charge in [-0.1, -0.05) is 66.7 Å². The maximum Gasteiger partial charge on any atom is 0.305 e. The largest absolute Gasteiger partial charge is 0.469 e. The van der Waals surface area contributed by atoms with E-state index in [2.05, 4.69) is 71.6 Å². The third-order valence-electron chi connectivity index (χ3n) is 5.34. The Morgan fingerprint density at radius 2 is 1.70 bits per heavy atom. The normalized spacial score (nSPS) is 16.9. The third kappa shape index (κ3) is 5.54. The minimum Gasteiger partial charge on any atom is -0.469 e. The van der Waals surface area contributed by atoms with Crippen molar-refractivity contribution in [1.29, 1.82) is 0 Å². The van der Waals surface area contributed by atoms with Crippen molar-refractivity contribution < 1.29 is 9.53 Å². The number of ether oxygens (including phenoxy) is 1. The van der Waals surface area contributed by atoms with Crippen molar-refractivity contribution in [3.05, 3.63) is 77.9 Å². The zero-order chi connectivity index (χ0) is 18.9. The highest BCUT2D eigenvalue weighted by atomic mass is 16.5. The molecule has 0 aromatic heterocycles. The summed E-state index contributed by atoms with van der Waals surface area (Å²) in [5.74, 6) is -0.0998. The highest BCUT2D eigenvalue weighted by molar-refractivity contribution is 5.79. The summed E-state index contributed by atoms with van der Waals surface area (Å²) in [5.41, 5.74) is 3.81. The fourth-order valence-corrected chi connectivity index (χ4v) is 3.92. The van der Waals surface area contributed by atoms with Crippen LogP contribution in [0.2, 0.25) is 0 Å². The molecule has 1 heterocycles. The van der Waals surface area contributed by atoms with E-state index in [0.717, 1.165) is 25.9 Å². The van der Waals surface area contributed by atoms with Crippen LogP contribution in [-0.2, 0) is 9.53 Å². The first kappa shape index (κ1) is 19.4. The van der Waals surface area contributed by atoms with Crippen molar-refractivity contribution in [3.63, 3.8) is 0 Å². The zero-order valence-electron chi connectivity index (χ0n) is 16.1. The lowest BCUT2D eigenvalue weighted by atomic mass is 9.97. The Bertz CT molecular complexity index is 698. The number of hydrogen-bond acceptors (Lipinski definition) is 3. The van der Waals surface area contributed by atoms with E-state index in [0.29, 0.717) is 12.5 Å². The van der Waals surface area contributed by atoms with Crippen molar-refractivity contribution >= 4 is 11.5 Å². The first-order valence-electron chi connectivity index (χ1n) is 9.90. The fraction of sp³-hybridized carbons (Fsp3) is 0.375. The van der Waals surface area contributed by atoms with Crippen LogP contribution in [0.1, 0.15) is 43.2 Å². The van der Waals surface area contributed by atoms with Crippen LogP contribution in [0.5, 0.6) is 0 Å². The molecule has 0 unspecified atom stereocenters. The Hall–Kier alpha value is -2.39. The van der Waals surface area contributed by atoms with E-state index in [1.165, 1.54) is 36.7 Å². The van der Waals surface area contributed by atoms with Crippen LogP contribution in [0.3, 0.4) is 0 Å². The van der Waals surface area contributed by atoms with Gasteiger partial charge in [0.25, 0.3) is 0 Å². The second-order valence-electron chi connectivity index (χ2n) is 7.09. The maximum absolute atomic E-state index is 11.4. The van der Waals surface area contributed by atoms with E-state index >= 15 is 0 Å². The summed E-state index contributed by atoms with van der Waals surface area (Å²) in [6.07, 6.45) is 7.20. The molecule has 1 fully saturated rings. The van der Waals surface area contributed by atoms with Crippen LogP contribution >= 0.6 is 0 Å². The first-order chi connectivity index (χ1) is 13.3. The van der Waals surface area contributed by atoms with Crippen LogP contribution in [-0.4, -0.2) is 37.1 Å². The van der Waals surface area contributed by atoms with E-state index in [1.54, 1.807) is 0 Å². The van der Waals surface area contributed by atoms with Gasteiger partial charge < -0.3 is 9.64 Å². The molecular weight excluding hydrogens is 334 g/mol. The van der Waals surface area contributed by atoms with Gasteiger partial charge in [-0.2, -0.15) is 0 Å². The lowest BCUT2D eigenvalue weighted by Crippen LogP contribution is -2.30. The molecule has 0 aliphatic carbocycles. The van der Waals surface area contributed by atoms with Crippen LogP contribution < -0.4 is 0 Å². The number of benzene rings is 2. The predicted molar refractivity (Wildman–Crippen MR) is 110 cm³/mol. The van der Waals surface area contributed by atoms with Gasteiger partial charge in [-0.15, -0.1) is 0 Å². The Kier molecular flexibility index (Phi) is 7.23. The molecule has 2 aromatic rings. The van der Waals surface area contributed by atoms with Gasteiger partial charge >= 0.3 is 5.97 Å². The van der Waals surface area contributed by atoms with Crippen LogP contribution in [0.15, 0.2) is 66.7 Å². The third-order valence-corrected chi connectivity index (χ3v) is 5.34. The molecule has 3 rings (SSSR count). The summed E-state index contributed by atoms with van der Waals surface area (Å²) < 4.78 is 4.79. The number of carbonyl (C=O) groups excluding carboxylic acids is 1. The number of esters is 1. The van der Waals surface area contributed by atoms with Crippen molar-refractivity contribution in [3.8, 4) is 0 Å². The van der Waals surface area contributed by atoms with Gasteiger partial charge in [0.05, 0.1) is 7.11 Å². The number of methoxy groups -OCH3 is 1. The van der Waals surface area contributed by atoms with Gasteiger partial charge in [-0.05, 0) is 48.9 Å². The smallest absolute Gasteiger partial charge is 0.305 e. The maximum atomic E-state index is 11.4. The van der Waals surface area contributed by atoms with E-state index in [9.17, 15) is 4.79 Å². The summed E-state index contributed by atoms with van der Waals surface area (Å²) >= 11 is 0. The van der Waals surface area contributed by atoms with Crippen LogP contribution in [0.4, 0.5) is 0 Å². The van der Waals surface area contributed by atoms with E-state index in [4.69, 9.17) is 4.74 Å². The van der Waals surface area contributed by atoms with E-state index < -0.39 is 0 Å². The van der Waals surface area contributed by atoms with Crippen molar-refractivity contribution in [1.82, 2.24) is 4.90 Å². The monoisotopic (exact) mass is 363 g/mol. The first-order valence-corrected chi connectivity index (χ1v) is 9.90. The molecule has 2 aromatic carbocycles. The highest BCUT2D eigenvalue weighted by Crippen LogP contribution is 2.25. The molecule has 0 saturated carbocycles. The quantitative estimate of drug-likeness (QED) is 0.623. The molecule has 3 nitrogen and oxygen atoms in total. The number of likely N-dealkylation sites (tertiary alicyclic amines) is 1. The molecule has 1 aliphatic heterocycles. The van der Waals surface area contributed by atoms with Gasteiger partial charge in [0.1, 0.15) is 0 Å². The lowest BCUT2D eigenvalue weighted by Gasteiger charge is -2.23. The summed E-state index contributed by atoms with van der Waals surface area (Å²) in [6, 6.07) is 21.7. The topological polar surface area (TPSA) is 29.5 Å². The lowest BCUT2D eigenvalue weighted by molar-refractivity contribution is -0.140. The average molecular weight is 364 g/mol. The Morgan fingerprint density at radius 1 is 1.07 bits per heavy atom. The molecule has 27 heavy (non-hydrogen) atoms. The zero-order valence-corrected chi connectivity index (χ0v) is 16.1. The van der Waals surface area contributed by atoms with Gasteiger partial charge in [0.15, 0.2) is 0 Å². The molecule has 1 aliphatic rings. The van der Waals surface area contributed by atoms with Crippen molar-refractivity contribution in [2.24, 2.45) is 0 Å². The molecule has 0 spiro atoms. The van der Waals surface area contributed by atoms with Gasteiger partial charge in [-0.3, -0.25) is 4.79 Å². The summed E-state index contributed by atoms with van der Waals surface area (Å²) in [5, 5.41) is 0. The predicted octanol–water partition coefficient (Wildman–Crippen LogP) is 4.93. The number of nitrogens with zero attached hydrogens (tertiary/aromatic N) is 1. The fourth-order valence-electron chi connectivity index (χ4n) is 3.92. The highest BCUT2D eigenvalue weighted by Gasteiger charge is 2.24. The standard InChI is InChI=1S/C24H29NO2/c1-27-24(26)17-16-22-14-8-18-25(22)19-9-15-23(20-10-4-2-5-11-20)21-12-6-3-7-13-21/h2-7,10-13,15,22H,8-9,14,16-19H2,1H3/t22-/m0/s1. The van der Waals surface area contributed by atoms with Crippen LogP contribution in [0.25, 0.3) is 5.57 Å². The Morgan fingerprint density at radius 3 is 2.30 bits per heavy atom. The molecule has 3 heteroatoms. The molecule has 0 N–H and O–H groups in total. The molecule has 1 atom stereocenters. The second kappa shape index (κ2) is 10.1. The molecule has 1 saturated heterocycles.